The summed E-state index contributed by atoms with van der Waals surface area (Å²) in [6.45, 7) is 1.30. The van der Waals surface area contributed by atoms with Crippen LogP contribution < -0.4 is 4.74 Å². The van der Waals surface area contributed by atoms with Crippen LogP contribution in [-0.4, -0.2) is 52.7 Å². The molecule has 0 N–H and O–H groups in total. The first-order chi connectivity index (χ1) is 12.9. The summed E-state index contributed by atoms with van der Waals surface area (Å²) in [5.41, 5.74) is 5.57. The van der Waals surface area contributed by atoms with Crippen molar-refractivity contribution in [2.75, 3.05) is 39.4 Å². The summed E-state index contributed by atoms with van der Waals surface area (Å²) in [7, 11) is 0.662. The van der Waals surface area contributed by atoms with Crippen molar-refractivity contribution in [3.63, 3.8) is 0 Å². The van der Waals surface area contributed by atoms with Gasteiger partial charge >= 0.3 is 0 Å². The van der Waals surface area contributed by atoms with E-state index in [0.29, 0.717) is 6.61 Å². The zero-order chi connectivity index (χ0) is 19.4. The molecule has 5 nitrogen and oxygen atoms in total. The molecule has 1 aliphatic heterocycles. The number of likely N-dealkylation sites (N-methyl/N-ethyl adjacent to an activating group) is 1. The number of hydrogen-bond donors (Lipinski definition) is 0. The fraction of sp³-hybridized carbons (Fsp3) is 0.333. The monoisotopic (exact) mass is 387 g/mol. The van der Waals surface area contributed by atoms with Gasteiger partial charge in [-0.3, -0.25) is 0 Å². The van der Waals surface area contributed by atoms with Gasteiger partial charge in [-0.2, -0.15) is 0 Å². The molecule has 0 aromatic heterocycles. The Morgan fingerprint density at radius 3 is 2.52 bits per heavy atom. The average molecular weight is 388 g/mol. The summed E-state index contributed by atoms with van der Waals surface area (Å²) < 4.78 is 33.9. The Labute approximate surface area is 161 Å². The Kier molecular flexibility index (Phi) is 5.87. The molecule has 0 atom stereocenters. The standard InChI is InChI=1S/C21H25NO4S/c1-22-14-17-9-10-18(25-2)13-19(17)21(16-7-5-4-6-8-16)20(22)15-26-11-12-27(3,23)24/h4-10,13H,11-12,14-15H2,1-3H3. The number of fused-ring (bicyclic) bond motifs is 1. The molecule has 0 fully saturated rings. The first-order valence-electron chi connectivity index (χ1n) is 8.81. The van der Waals surface area contributed by atoms with E-state index >= 15 is 0 Å². The van der Waals surface area contributed by atoms with Gasteiger partial charge in [0.25, 0.3) is 0 Å². The predicted molar refractivity (Wildman–Crippen MR) is 107 cm³/mol. The molecule has 1 heterocycles. The molecule has 0 saturated heterocycles. The molecule has 2 aromatic carbocycles. The summed E-state index contributed by atoms with van der Waals surface area (Å²) in [6.07, 6.45) is 1.22. The summed E-state index contributed by atoms with van der Waals surface area (Å²) in [5, 5.41) is 0. The molecular formula is C21H25NO4S. The van der Waals surface area contributed by atoms with Crippen molar-refractivity contribution in [2.45, 2.75) is 6.54 Å². The summed E-state index contributed by atoms with van der Waals surface area (Å²) in [6, 6.07) is 16.3. The highest BCUT2D eigenvalue weighted by atomic mass is 32.2. The lowest BCUT2D eigenvalue weighted by molar-refractivity contribution is 0.150. The molecule has 3 rings (SSSR count). The molecule has 0 amide bonds. The highest BCUT2D eigenvalue weighted by Crippen LogP contribution is 2.37. The van der Waals surface area contributed by atoms with Gasteiger partial charge in [0.05, 0.1) is 26.1 Å². The zero-order valence-electron chi connectivity index (χ0n) is 15.9. The van der Waals surface area contributed by atoms with Crippen molar-refractivity contribution in [3.05, 3.63) is 70.9 Å². The topological polar surface area (TPSA) is 55.8 Å². The zero-order valence-corrected chi connectivity index (χ0v) is 16.8. The second-order valence-electron chi connectivity index (χ2n) is 6.75. The van der Waals surface area contributed by atoms with Gasteiger partial charge in [-0.15, -0.1) is 0 Å². The van der Waals surface area contributed by atoms with Gasteiger partial charge in [-0.1, -0.05) is 36.4 Å². The van der Waals surface area contributed by atoms with E-state index < -0.39 is 9.84 Å². The van der Waals surface area contributed by atoms with Crippen LogP contribution in [0.1, 0.15) is 16.7 Å². The fourth-order valence-electron chi connectivity index (χ4n) is 3.24. The van der Waals surface area contributed by atoms with Crippen LogP contribution in [0.2, 0.25) is 0 Å². The molecule has 27 heavy (non-hydrogen) atoms. The first-order valence-corrected chi connectivity index (χ1v) is 10.9. The number of benzene rings is 2. The molecule has 0 aliphatic carbocycles. The van der Waals surface area contributed by atoms with Crippen LogP contribution in [0.15, 0.2) is 54.2 Å². The van der Waals surface area contributed by atoms with Crippen LogP contribution in [0, 0.1) is 0 Å². The number of nitrogens with zero attached hydrogens (tertiary/aromatic N) is 1. The summed E-state index contributed by atoms with van der Waals surface area (Å²) in [4.78, 5) is 2.16. The van der Waals surface area contributed by atoms with Crippen molar-refractivity contribution < 1.29 is 17.9 Å². The number of rotatable bonds is 7. The third-order valence-corrected chi connectivity index (χ3v) is 5.55. The van der Waals surface area contributed by atoms with E-state index in [9.17, 15) is 8.42 Å². The third-order valence-electron chi connectivity index (χ3n) is 4.64. The fourth-order valence-corrected chi connectivity index (χ4v) is 3.66. The molecule has 1 aliphatic rings. The van der Waals surface area contributed by atoms with Crippen molar-refractivity contribution in [1.29, 1.82) is 0 Å². The largest absolute Gasteiger partial charge is 0.497 e. The Balaban J connectivity index is 2.01. The number of hydrogen-bond acceptors (Lipinski definition) is 5. The Morgan fingerprint density at radius 1 is 1.11 bits per heavy atom. The van der Waals surface area contributed by atoms with E-state index in [-0.39, 0.29) is 12.4 Å². The van der Waals surface area contributed by atoms with Gasteiger partial charge in [0, 0.05) is 31.1 Å². The van der Waals surface area contributed by atoms with Gasteiger partial charge in [-0.05, 0) is 28.8 Å². The average Bonchev–Trinajstić information content (AvgIpc) is 2.64. The van der Waals surface area contributed by atoms with Crippen molar-refractivity contribution in [1.82, 2.24) is 4.90 Å². The first kappa shape index (κ1) is 19.5. The predicted octanol–water partition coefficient (Wildman–Crippen LogP) is 2.96. The lowest BCUT2D eigenvalue weighted by atomic mass is 9.88. The van der Waals surface area contributed by atoms with Gasteiger partial charge in [0.1, 0.15) is 15.6 Å². The van der Waals surface area contributed by atoms with Crippen LogP contribution in [0.4, 0.5) is 0 Å². The smallest absolute Gasteiger partial charge is 0.149 e. The van der Waals surface area contributed by atoms with Gasteiger partial charge in [0.2, 0.25) is 0 Å². The lowest BCUT2D eigenvalue weighted by Crippen LogP contribution is -2.27. The molecule has 0 bridgehead atoms. The quantitative estimate of drug-likeness (QED) is 0.684. The minimum absolute atomic E-state index is 0.0229. The molecule has 144 valence electrons. The Hall–Kier alpha value is -2.31. The molecular weight excluding hydrogens is 362 g/mol. The van der Waals surface area contributed by atoms with Crippen LogP contribution >= 0.6 is 0 Å². The SMILES string of the molecule is COc1ccc2c(c1)C(c1ccccc1)=C(COCCS(C)(=O)=O)N(C)C2. The van der Waals surface area contributed by atoms with Crippen LogP contribution in [0.3, 0.4) is 0 Å². The van der Waals surface area contributed by atoms with Crippen molar-refractivity contribution in [3.8, 4) is 5.75 Å². The highest BCUT2D eigenvalue weighted by Gasteiger charge is 2.24. The molecule has 0 spiro atoms. The minimum Gasteiger partial charge on any atom is -0.497 e. The molecule has 0 saturated carbocycles. The van der Waals surface area contributed by atoms with Gasteiger partial charge in [-0.25, -0.2) is 8.42 Å². The normalized spacial score (nSPS) is 14.3. The van der Waals surface area contributed by atoms with Crippen LogP contribution in [0.5, 0.6) is 5.75 Å². The van der Waals surface area contributed by atoms with E-state index in [0.717, 1.165) is 34.7 Å². The van der Waals surface area contributed by atoms with Gasteiger partial charge < -0.3 is 14.4 Å². The third kappa shape index (κ3) is 4.70. The molecule has 0 unspecified atom stereocenters. The summed E-state index contributed by atoms with van der Waals surface area (Å²) >= 11 is 0. The Bertz CT molecular complexity index is 936. The van der Waals surface area contributed by atoms with Crippen LogP contribution in [-0.2, 0) is 21.1 Å². The molecule has 0 radical (unpaired) electrons. The van der Waals surface area contributed by atoms with E-state index in [1.165, 1.54) is 11.8 Å². The lowest BCUT2D eigenvalue weighted by Gasteiger charge is -2.33. The molecule has 2 aromatic rings. The molecule has 6 heteroatoms. The van der Waals surface area contributed by atoms with Crippen molar-refractivity contribution >= 4 is 15.4 Å². The maximum absolute atomic E-state index is 11.4. The van der Waals surface area contributed by atoms with E-state index in [1.54, 1.807) is 7.11 Å². The maximum atomic E-state index is 11.4. The second kappa shape index (κ2) is 8.15. The van der Waals surface area contributed by atoms with E-state index in [2.05, 4.69) is 29.2 Å². The second-order valence-corrected chi connectivity index (χ2v) is 9.01. The highest BCUT2D eigenvalue weighted by molar-refractivity contribution is 7.90. The Morgan fingerprint density at radius 2 is 1.85 bits per heavy atom. The summed E-state index contributed by atoms with van der Waals surface area (Å²) in [5.74, 6) is 0.832. The van der Waals surface area contributed by atoms with Crippen LogP contribution in [0.25, 0.3) is 5.57 Å². The minimum atomic E-state index is -3.04. The number of methoxy groups -OCH3 is 1. The number of sulfone groups is 1. The van der Waals surface area contributed by atoms with Gasteiger partial charge in [0.15, 0.2) is 0 Å². The van der Waals surface area contributed by atoms with E-state index in [4.69, 9.17) is 9.47 Å². The number of ether oxygens (including phenoxy) is 2. The maximum Gasteiger partial charge on any atom is 0.149 e. The van der Waals surface area contributed by atoms with Crippen molar-refractivity contribution in [2.24, 2.45) is 0 Å². The van der Waals surface area contributed by atoms with E-state index in [1.807, 2.05) is 31.3 Å².